The van der Waals surface area contributed by atoms with Crippen molar-refractivity contribution in [3.05, 3.63) is 17.5 Å². The van der Waals surface area contributed by atoms with Crippen molar-refractivity contribution < 1.29 is 0 Å². The molecule has 0 bridgehead atoms. The zero-order valence-corrected chi connectivity index (χ0v) is 12.4. The average Bonchev–Trinajstić information content (AvgIpc) is 2.47. The third kappa shape index (κ3) is 3.66. The average molecular weight is 262 g/mol. The first-order valence-corrected chi connectivity index (χ1v) is 7.53. The minimum Gasteiger partial charge on any atom is -0.341 e. The van der Waals surface area contributed by atoms with E-state index in [4.69, 9.17) is 9.97 Å². The summed E-state index contributed by atoms with van der Waals surface area (Å²) >= 11 is 0. The highest BCUT2D eigenvalue weighted by Crippen LogP contribution is 2.21. The summed E-state index contributed by atoms with van der Waals surface area (Å²) < 4.78 is 0. The minimum absolute atomic E-state index is 0.807. The Morgan fingerprint density at radius 1 is 1.16 bits per heavy atom. The van der Waals surface area contributed by atoms with E-state index >= 15 is 0 Å². The van der Waals surface area contributed by atoms with E-state index in [1.165, 1.54) is 24.2 Å². The Balaban J connectivity index is 2.06. The molecule has 4 heteroatoms. The van der Waals surface area contributed by atoms with Crippen molar-refractivity contribution >= 4 is 5.95 Å². The van der Waals surface area contributed by atoms with Gasteiger partial charge < -0.3 is 10.2 Å². The fourth-order valence-corrected chi connectivity index (χ4v) is 2.67. The molecule has 4 nitrogen and oxygen atoms in total. The Labute approximate surface area is 116 Å². The molecule has 19 heavy (non-hydrogen) atoms. The lowest BCUT2D eigenvalue weighted by Crippen LogP contribution is -2.37. The molecule has 2 heterocycles. The van der Waals surface area contributed by atoms with Crippen LogP contribution in [0.5, 0.6) is 0 Å². The van der Waals surface area contributed by atoms with Gasteiger partial charge in [0.2, 0.25) is 5.95 Å². The maximum Gasteiger partial charge on any atom is 0.225 e. The van der Waals surface area contributed by atoms with Gasteiger partial charge >= 0.3 is 0 Å². The van der Waals surface area contributed by atoms with E-state index in [-0.39, 0.29) is 0 Å². The fourth-order valence-electron chi connectivity index (χ4n) is 2.67. The second-order valence-electron chi connectivity index (χ2n) is 5.35. The van der Waals surface area contributed by atoms with Crippen molar-refractivity contribution in [1.82, 2.24) is 15.3 Å². The molecule has 2 rings (SSSR count). The van der Waals surface area contributed by atoms with Crippen LogP contribution in [-0.2, 0) is 12.8 Å². The van der Waals surface area contributed by atoms with Crippen molar-refractivity contribution in [3.8, 4) is 0 Å². The van der Waals surface area contributed by atoms with Crippen LogP contribution < -0.4 is 10.2 Å². The van der Waals surface area contributed by atoms with E-state index in [0.29, 0.717) is 0 Å². The Morgan fingerprint density at radius 2 is 1.74 bits per heavy atom. The van der Waals surface area contributed by atoms with Crippen LogP contribution in [0.25, 0.3) is 0 Å². The molecule has 1 N–H and O–H groups in total. The predicted molar refractivity (Wildman–Crippen MR) is 79.7 cm³/mol. The lowest BCUT2D eigenvalue weighted by Gasteiger charge is -2.32. The Morgan fingerprint density at radius 3 is 2.21 bits per heavy atom. The molecule has 1 fully saturated rings. The number of piperidine rings is 1. The lowest BCUT2D eigenvalue weighted by atomic mass is 9.97. The second-order valence-corrected chi connectivity index (χ2v) is 5.35. The SMILES string of the molecule is CCc1cc(CC)nc(N2CCC(CNC)CC2)n1. The van der Waals surface area contributed by atoms with Crippen LogP contribution in [0.3, 0.4) is 0 Å². The monoisotopic (exact) mass is 262 g/mol. The summed E-state index contributed by atoms with van der Waals surface area (Å²) in [6.45, 7) is 7.62. The van der Waals surface area contributed by atoms with Gasteiger partial charge in [0, 0.05) is 24.5 Å². The quantitative estimate of drug-likeness (QED) is 0.881. The molecule has 1 aromatic heterocycles. The predicted octanol–water partition coefficient (Wildman–Crippen LogP) is 2.04. The number of hydrogen-bond donors (Lipinski definition) is 1. The standard InChI is InChI=1S/C15H26N4/c1-4-13-10-14(5-2)18-15(17-13)19-8-6-12(7-9-19)11-16-3/h10,12,16H,4-9,11H2,1-3H3. The van der Waals surface area contributed by atoms with Gasteiger partial charge in [-0.05, 0) is 51.3 Å². The Hall–Kier alpha value is -1.16. The summed E-state index contributed by atoms with van der Waals surface area (Å²) in [5.74, 6) is 1.75. The summed E-state index contributed by atoms with van der Waals surface area (Å²) in [7, 11) is 2.04. The number of nitrogens with one attached hydrogen (secondary N) is 1. The van der Waals surface area contributed by atoms with Crippen molar-refractivity contribution in [1.29, 1.82) is 0 Å². The largest absolute Gasteiger partial charge is 0.341 e. The fraction of sp³-hybridized carbons (Fsp3) is 0.733. The van der Waals surface area contributed by atoms with Crippen LogP contribution >= 0.6 is 0 Å². The van der Waals surface area contributed by atoms with Crippen LogP contribution in [0, 0.1) is 5.92 Å². The smallest absolute Gasteiger partial charge is 0.225 e. The van der Waals surface area contributed by atoms with E-state index in [1.807, 2.05) is 7.05 Å². The number of aryl methyl sites for hydroxylation is 2. The summed E-state index contributed by atoms with van der Waals surface area (Å²) in [6, 6.07) is 2.14. The van der Waals surface area contributed by atoms with Crippen LogP contribution in [0.1, 0.15) is 38.1 Å². The molecule has 1 aromatic rings. The highest BCUT2D eigenvalue weighted by Gasteiger charge is 2.20. The molecule has 1 saturated heterocycles. The first kappa shape index (κ1) is 14.3. The summed E-state index contributed by atoms with van der Waals surface area (Å²) in [6.07, 6.45) is 4.45. The lowest BCUT2D eigenvalue weighted by molar-refractivity contribution is 0.390. The highest BCUT2D eigenvalue weighted by atomic mass is 15.3. The molecule has 0 atom stereocenters. The van der Waals surface area contributed by atoms with Gasteiger partial charge in [-0.15, -0.1) is 0 Å². The van der Waals surface area contributed by atoms with Crippen molar-refractivity contribution in [3.63, 3.8) is 0 Å². The molecule has 1 aliphatic heterocycles. The molecule has 0 aromatic carbocycles. The summed E-state index contributed by atoms with van der Waals surface area (Å²) in [4.78, 5) is 11.7. The van der Waals surface area contributed by atoms with Gasteiger partial charge in [-0.3, -0.25) is 0 Å². The molecule has 0 radical (unpaired) electrons. The molecule has 1 aliphatic rings. The van der Waals surface area contributed by atoms with E-state index in [1.54, 1.807) is 0 Å². The van der Waals surface area contributed by atoms with Crippen molar-refractivity contribution in [2.75, 3.05) is 31.6 Å². The first-order valence-electron chi connectivity index (χ1n) is 7.53. The van der Waals surface area contributed by atoms with Crippen molar-refractivity contribution in [2.45, 2.75) is 39.5 Å². The topological polar surface area (TPSA) is 41.1 Å². The van der Waals surface area contributed by atoms with Gasteiger partial charge in [0.25, 0.3) is 0 Å². The van der Waals surface area contributed by atoms with Gasteiger partial charge in [-0.1, -0.05) is 13.8 Å². The number of anilines is 1. The summed E-state index contributed by atoms with van der Waals surface area (Å²) in [5.41, 5.74) is 2.33. The van der Waals surface area contributed by atoms with Crippen molar-refractivity contribution in [2.24, 2.45) is 5.92 Å². The van der Waals surface area contributed by atoms with Gasteiger partial charge in [-0.2, -0.15) is 0 Å². The number of hydrogen-bond acceptors (Lipinski definition) is 4. The minimum atomic E-state index is 0.807. The van der Waals surface area contributed by atoms with Crippen LogP contribution in [0.15, 0.2) is 6.07 Å². The normalized spacial score (nSPS) is 16.9. The molecule has 0 amide bonds. The third-order valence-electron chi connectivity index (χ3n) is 3.94. The van der Waals surface area contributed by atoms with Crippen LogP contribution in [-0.4, -0.2) is 36.6 Å². The number of nitrogens with zero attached hydrogens (tertiary/aromatic N) is 3. The van der Waals surface area contributed by atoms with E-state index in [0.717, 1.165) is 44.3 Å². The molecule has 0 unspecified atom stereocenters. The number of rotatable bonds is 5. The van der Waals surface area contributed by atoms with E-state index in [2.05, 4.69) is 30.1 Å². The Bertz CT molecular complexity index is 375. The molecular weight excluding hydrogens is 236 g/mol. The maximum absolute atomic E-state index is 4.69. The third-order valence-corrected chi connectivity index (χ3v) is 3.94. The van der Waals surface area contributed by atoms with Crippen LogP contribution in [0.2, 0.25) is 0 Å². The molecule has 0 saturated carbocycles. The summed E-state index contributed by atoms with van der Waals surface area (Å²) in [5, 5.41) is 3.28. The molecule has 106 valence electrons. The highest BCUT2D eigenvalue weighted by molar-refractivity contribution is 5.33. The molecule has 0 spiro atoms. The first-order chi connectivity index (χ1) is 9.26. The second kappa shape index (κ2) is 6.85. The van der Waals surface area contributed by atoms with E-state index in [9.17, 15) is 0 Å². The van der Waals surface area contributed by atoms with Gasteiger partial charge in [0.15, 0.2) is 0 Å². The maximum atomic E-state index is 4.69. The zero-order valence-electron chi connectivity index (χ0n) is 12.4. The van der Waals surface area contributed by atoms with Gasteiger partial charge in [0.1, 0.15) is 0 Å². The zero-order chi connectivity index (χ0) is 13.7. The van der Waals surface area contributed by atoms with Crippen LogP contribution in [0.4, 0.5) is 5.95 Å². The molecule has 0 aliphatic carbocycles. The number of aromatic nitrogens is 2. The van der Waals surface area contributed by atoms with Gasteiger partial charge in [-0.25, -0.2) is 9.97 Å². The molecular formula is C15H26N4. The Kier molecular flexibility index (Phi) is 5.14. The van der Waals surface area contributed by atoms with Gasteiger partial charge in [0.05, 0.1) is 0 Å². The van der Waals surface area contributed by atoms with E-state index < -0.39 is 0 Å².